The summed E-state index contributed by atoms with van der Waals surface area (Å²) >= 11 is 1.95. The van der Waals surface area contributed by atoms with E-state index >= 15 is 0 Å². The lowest BCUT2D eigenvalue weighted by molar-refractivity contribution is 0.0963. The number of rotatable bonds is 3. The quantitative estimate of drug-likeness (QED) is 0.916. The molecular formula is C16H19FN2O3S. The van der Waals surface area contributed by atoms with Crippen LogP contribution in [0.3, 0.4) is 0 Å². The molecule has 23 heavy (non-hydrogen) atoms. The third-order valence-electron chi connectivity index (χ3n) is 4.84. The summed E-state index contributed by atoms with van der Waals surface area (Å²) < 4.78 is 19.7. The number of carbonyl (C=O) groups is 1. The van der Waals surface area contributed by atoms with Crippen molar-refractivity contribution in [3.05, 3.63) is 24.0 Å². The van der Waals surface area contributed by atoms with Crippen LogP contribution in [0, 0.1) is 5.82 Å². The summed E-state index contributed by atoms with van der Waals surface area (Å²) in [4.78, 5) is 15.4. The van der Waals surface area contributed by atoms with Crippen LogP contribution in [0.5, 0.6) is 0 Å². The summed E-state index contributed by atoms with van der Waals surface area (Å²) in [5.74, 6) is 1.80. The number of carbonyl (C=O) groups excluding carboxylic acids is 1. The number of aliphatic hydroxyl groups excluding tert-OH is 1. The van der Waals surface area contributed by atoms with Crippen LogP contribution in [-0.2, 0) is 4.74 Å². The monoisotopic (exact) mass is 338 g/mol. The number of anilines is 2. The van der Waals surface area contributed by atoms with Gasteiger partial charge in [-0.15, -0.1) is 0 Å². The fourth-order valence-electron chi connectivity index (χ4n) is 3.72. The molecule has 0 aromatic heterocycles. The molecule has 1 aromatic rings. The fraction of sp³-hybridized carbons (Fsp3) is 0.562. The molecule has 3 aliphatic heterocycles. The third kappa shape index (κ3) is 2.55. The third-order valence-corrected chi connectivity index (χ3v) is 6.08. The highest BCUT2D eigenvalue weighted by Gasteiger charge is 2.38. The molecule has 0 spiro atoms. The van der Waals surface area contributed by atoms with Crippen LogP contribution in [0.15, 0.2) is 18.2 Å². The Hall–Kier alpha value is -1.47. The minimum atomic E-state index is -0.541. The van der Waals surface area contributed by atoms with Crippen molar-refractivity contribution < 1.29 is 19.0 Å². The normalized spacial score (nSPS) is 30.0. The first-order chi connectivity index (χ1) is 11.2. The van der Waals surface area contributed by atoms with E-state index in [4.69, 9.17) is 9.84 Å². The summed E-state index contributed by atoms with van der Waals surface area (Å²) in [7, 11) is 0. The Bertz CT molecular complexity index is 613. The Morgan fingerprint density at radius 3 is 2.65 bits per heavy atom. The molecule has 7 heteroatoms. The maximum atomic E-state index is 14.7. The number of thioether (sulfide) groups is 1. The highest BCUT2D eigenvalue weighted by molar-refractivity contribution is 7.99. The summed E-state index contributed by atoms with van der Waals surface area (Å²) in [5, 5.41) is 9.10. The summed E-state index contributed by atoms with van der Waals surface area (Å²) in [6, 6.07) is 5.76. The van der Waals surface area contributed by atoms with Crippen molar-refractivity contribution in [2.75, 3.05) is 34.5 Å². The maximum Gasteiger partial charge on any atom is 0.414 e. The van der Waals surface area contributed by atoms with Crippen LogP contribution >= 0.6 is 11.8 Å². The molecule has 0 radical (unpaired) electrons. The first kappa shape index (κ1) is 15.1. The van der Waals surface area contributed by atoms with Gasteiger partial charge < -0.3 is 14.7 Å². The van der Waals surface area contributed by atoms with E-state index in [9.17, 15) is 9.18 Å². The van der Waals surface area contributed by atoms with E-state index in [0.29, 0.717) is 23.5 Å². The molecule has 1 amide bonds. The number of aliphatic hydroxyl groups is 1. The first-order valence-corrected chi connectivity index (χ1v) is 9.07. The standard InChI is InChI=1S/C16H19FN2O3S/c17-14-5-10(18-6-13(7-20)22-16(18)21)3-4-15(14)19-11-1-2-12(19)9-23-8-11/h3-5,11-13,20H,1-2,6-9H2/t11?,12?,13-/m1/s1. The Morgan fingerprint density at radius 1 is 1.30 bits per heavy atom. The van der Waals surface area contributed by atoms with Crippen molar-refractivity contribution in [1.82, 2.24) is 0 Å². The van der Waals surface area contributed by atoms with Gasteiger partial charge in [0.2, 0.25) is 0 Å². The second-order valence-corrected chi connectivity index (χ2v) is 7.34. The van der Waals surface area contributed by atoms with E-state index in [1.807, 2.05) is 11.8 Å². The van der Waals surface area contributed by atoms with E-state index in [1.54, 1.807) is 12.1 Å². The summed E-state index contributed by atoms with van der Waals surface area (Å²) in [6.07, 6.45) is 1.16. The Morgan fingerprint density at radius 2 is 2.04 bits per heavy atom. The van der Waals surface area contributed by atoms with Gasteiger partial charge in [0.05, 0.1) is 24.5 Å². The maximum absolute atomic E-state index is 14.7. The van der Waals surface area contributed by atoms with E-state index in [1.165, 1.54) is 11.0 Å². The SMILES string of the molecule is O=C1O[C@@H](CO)CN1c1ccc(N2C3CCC2CSC3)c(F)c1. The lowest BCUT2D eigenvalue weighted by Crippen LogP contribution is -2.43. The summed E-state index contributed by atoms with van der Waals surface area (Å²) in [5.41, 5.74) is 1.11. The molecule has 2 bridgehead atoms. The Kier molecular flexibility index (Phi) is 3.85. The zero-order chi connectivity index (χ0) is 16.0. The number of hydrogen-bond donors (Lipinski definition) is 1. The van der Waals surface area contributed by atoms with Crippen molar-refractivity contribution in [1.29, 1.82) is 0 Å². The smallest absolute Gasteiger partial charge is 0.414 e. The number of nitrogens with zero attached hydrogens (tertiary/aromatic N) is 2. The predicted octanol–water partition coefficient (Wildman–Crippen LogP) is 2.23. The van der Waals surface area contributed by atoms with Crippen molar-refractivity contribution in [2.45, 2.75) is 31.0 Å². The zero-order valence-electron chi connectivity index (χ0n) is 12.7. The van der Waals surface area contributed by atoms with Crippen LogP contribution in [0.4, 0.5) is 20.6 Å². The highest BCUT2D eigenvalue weighted by atomic mass is 32.2. The molecule has 1 N–H and O–H groups in total. The highest BCUT2D eigenvalue weighted by Crippen LogP contribution is 2.40. The number of benzene rings is 1. The summed E-state index contributed by atoms with van der Waals surface area (Å²) in [6.45, 7) is 0.0251. The number of cyclic esters (lactones) is 1. The molecule has 3 heterocycles. The van der Waals surface area contributed by atoms with Gasteiger partial charge in [-0.2, -0.15) is 11.8 Å². The van der Waals surface area contributed by atoms with Crippen molar-refractivity contribution >= 4 is 29.2 Å². The van der Waals surface area contributed by atoms with E-state index in [-0.39, 0.29) is 19.0 Å². The Labute approximate surface area is 138 Å². The van der Waals surface area contributed by atoms with Gasteiger partial charge in [0.25, 0.3) is 0 Å². The second kappa shape index (κ2) is 5.87. The van der Waals surface area contributed by atoms with Gasteiger partial charge in [0, 0.05) is 23.6 Å². The fourth-order valence-corrected chi connectivity index (χ4v) is 5.06. The van der Waals surface area contributed by atoms with Crippen LogP contribution in [0.25, 0.3) is 0 Å². The van der Waals surface area contributed by atoms with E-state index < -0.39 is 12.2 Å². The molecule has 2 unspecified atom stereocenters. The first-order valence-electron chi connectivity index (χ1n) is 7.92. The number of halogens is 1. The minimum absolute atomic E-state index is 0.225. The molecule has 3 atom stereocenters. The van der Waals surface area contributed by atoms with Crippen molar-refractivity contribution in [2.24, 2.45) is 0 Å². The van der Waals surface area contributed by atoms with E-state index in [2.05, 4.69) is 4.90 Å². The second-order valence-electron chi connectivity index (χ2n) is 6.26. The van der Waals surface area contributed by atoms with Gasteiger partial charge in [0.1, 0.15) is 11.9 Å². The molecule has 0 aliphatic carbocycles. The number of amides is 1. The lowest BCUT2D eigenvalue weighted by Gasteiger charge is -2.36. The van der Waals surface area contributed by atoms with Crippen LogP contribution < -0.4 is 9.80 Å². The molecule has 3 fully saturated rings. The minimum Gasteiger partial charge on any atom is -0.441 e. The van der Waals surface area contributed by atoms with Gasteiger partial charge in [0.15, 0.2) is 0 Å². The molecule has 5 nitrogen and oxygen atoms in total. The van der Waals surface area contributed by atoms with Gasteiger partial charge >= 0.3 is 6.09 Å². The average Bonchev–Trinajstić information content (AvgIpc) is 3.03. The average molecular weight is 338 g/mol. The zero-order valence-corrected chi connectivity index (χ0v) is 13.5. The molecule has 1 aromatic carbocycles. The van der Waals surface area contributed by atoms with Gasteiger partial charge in [-0.1, -0.05) is 0 Å². The predicted molar refractivity (Wildman–Crippen MR) is 87.7 cm³/mol. The topological polar surface area (TPSA) is 53.0 Å². The number of hydrogen-bond acceptors (Lipinski definition) is 5. The van der Waals surface area contributed by atoms with Crippen molar-refractivity contribution in [3.63, 3.8) is 0 Å². The number of fused-ring (bicyclic) bond motifs is 2. The molecule has 124 valence electrons. The van der Waals surface area contributed by atoms with Crippen LogP contribution in [0.1, 0.15) is 12.8 Å². The molecule has 0 saturated carbocycles. The van der Waals surface area contributed by atoms with Crippen LogP contribution in [0.2, 0.25) is 0 Å². The molecular weight excluding hydrogens is 319 g/mol. The van der Waals surface area contributed by atoms with Crippen LogP contribution in [-0.4, -0.2) is 54.0 Å². The van der Waals surface area contributed by atoms with Gasteiger partial charge in [-0.3, -0.25) is 4.90 Å². The van der Waals surface area contributed by atoms with Gasteiger partial charge in [-0.05, 0) is 31.0 Å². The molecule has 4 rings (SSSR count). The van der Waals surface area contributed by atoms with Crippen molar-refractivity contribution in [3.8, 4) is 0 Å². The van der Waals surface area contributed by atoms with E-state index in [0.717, 1.165) is 24.3 Å². The Balaban J connectivity index is 1.59. The van der Waals surface area contributed by atoms with Gasteiger partial charge in [-0.25, -0.2) is 9.18 Å². The number of ether oxygens (including phenoxy) is 1. The molecule has 3 saturated heterocycles. The lowest BCUT2D eigenvalue weighted by atomic mass is 10.2. The largest absolute Gasteiger partial charge is 0.441 e. The molecule has 3 aliphatic rings.